The maximum absolute atomic E-state index is 13.0. The fourth-order valence-corrected chi connectivity index (χ4v) is 0.947. The van der Waals surface area contributed by atoms with Crippen LogP contribution in [0.2, 0.25) is 0 Å². The van der Waals surface area contributed by atoms with Gasteiger partial charge in [-0.15, -0.1) is 0 Å². The molecule has 5 heteroatoms. The SMILES string of the molecule is [C-]#[N+]Cc1cc(F)c(C#N)c(F)c1F. The van der Waals surface area contributed by atoms with E-state index in [4.69, 9.17) is 11.8 Å². The molecule has 0 spiro atoms. The monoisotopic (exact) mass is 196 g/mol. The van der Waals surface area contributed by atoms with Crippen molar-refractivity contribution in [3.8, 4) is 6.07 Å². The van der Waals surface area contributed by atoms with E-state index in [1.807, 2.05) is 0 Å². The fraction of sp³-hybridized carbons (Fsp3) is 0.111. The minimum Gasteiger partial charge on any atom is -0.312 e. The number of rotatable bonds is 1. The molecule has 0 atom stereocenters. The first-order valence-corrected chi connectivity index (χ1v) is 3.51. The molecule has 1 aromatic carbocycles. The third-order valence-corrected chi connectivity index (χ3v) is 1.60. The van der Waals surface area contributed by atoms with Gasteiger partial charge in [-0.05, 0) is 6.07 Å². The third kappa shape index (κ3) is 1.53. The number of halogens is 3. The molecule has 0 radical (unpaired) electrons. The maximum Gasteiger partial charge on any atom is 0.242 e. The lowest BCUT2D eigenvalue weighted by Gasteiger charge is -2.00. The fourth-order valence-electron chi connectivity index (χ4n) is 0.947. The van der Waals surface area contributed by atoms with Gasteiger partial charge in [0.15, 0.2) is 11.6 Å². The van der Waals surface area contributed by atoms with E-state index in [0.29, 0.717) is 6.07 Å². The molecule has 2 nitrogen and oxygen atoms in total. The zero-order chi connectivity index (χ0) is 10.7. The van der Waals surface area contributed by atoms with Gasteiger partial charge in [-0.2, -0.15) is 5.26 Å². The number of benzene rings is 1. The molecule has 0 aliphatic carbocycles. The van der Waals surface area contributed by atoms with E-state index >= 15 is 0 Å². The van der Waals surface area contributed by atoms with Crippen LogP contribution in [0, 0.1) is 35.4 Å². The first-order valence-electron chi connectivity index (χ1n) is 3.51. The van der Waals surface area contributed by atoms with Crippen LogP contribution in [0.1, 0.15) is 11.1 Å². The molecule has 0 aliphatic heterocycles. The maximum atomic E-state index is 13.0. The largest absolute Gasteiger partial charge is 0.312 e. The van der Waals surface area contributed by atoms with E-state index in [1.165, 1.54) is 6.07 Å². The Balaban J connectivity index is 3.43. The number of nitrogens with zero attached hydrogens (tertiary/aromatic N) is 2. The van der Waals surface area contributed by atoms with Gasteiger partial charge >= 0.3 is 0 Å². The Labute approximate surface area is 78.0 Å². The Hall–Kier alpha value is -2.01. The van der Waals surface area contributed by atoms with Crippen molar-refractivity contribution in [2.45, 2.75) is 6.54 Å². The molecule has 0 N–H and O–H groups in total. The van der Waals surface area contributed by atoms with E-state index in [2.05, 4.69) is 4.85 Å². The zero-order valence-corrected chi connectivity index (χ0v) is 6.81. The van der Waals surface area contributed by atoms with Crippen LogP contribution in [0.25, 0.3) is 4.85 Å². The van der Waals surface area contributed by atoms with Crippen LogP contribution in [0.3, 0.4) is 0 Å². The van der Waals surface area contributed by atoms with Gasteiger partial charge in [0.1, 0.15) is 17.4 Å². The number of hydrogen-bond acceptors (Lipinski definition) is 1. The van der Waals surface area contributed by atoms with Gasteiger partial charge in [-0.25, -0.2) is 19.7 Å². The second-order valence-corrected chi connectivity index (χ2v) is 2.45. The summed E-state index contributed by atoms with van der Waals surface area (Å²) in [7, 11) is 0. The van der Waals surface area contributed by atoms with Crippen LogP contribution < -0.4 is 0 Å². The van der Waals surface area contributed by atoms with Crippen LogP contribution in [-0.2, 0) is 6.54 Å². The summed E-state index contributed by atoms with van der Waals surface area (Å²) in [4.78, 5) is 2.80. The van der Waals surface area contributed by atoms with Crippen molar-refractivity contribution in [2.75, 3.05) is 0 Å². The molecule has 0 unspecified atom stereocenters. The number of nitriles is 1. The van der Waals surface area contributed by atoms with E-state index in [1.54, 1.807) is 0 Å². The van der Waals surface area contributed by atoms with E-state index in [9.17, 15) is 13.2 Å². The molecule has 1 rings (SSSR count). The highest BCUT2D eigenvalue weighted by Gasteiger charge is 2.19. The summed E-state index contributed by atoms with van der Waals surface area (Å²) < 4.78 is 38.8. The average molecular weight is 196 g/mol. The van der Waals surface area contributed by atoms with Crippen LogP contribution in [0.4, 0.5) is 13.2 Å². The van der Waals surface area contributed by atoms with Crippen molar-refractivity contribution in [3.63, 3.8) is 0 Å². The molecular formula is C9H3F3N2. The molecule has 0 aliphatic rings. The molecule has 0 heterocycles. The molecule has 0 amide bonds. The first kappa shape index (κ1) is 10.1. The Morgan fingerprint density at radius 2 is 2.00 bits per heavy atom. The highest BCUT2D eigenvalue weighted by molar-refractivity contribution is 5.36. The Morgan fingerprint density at radius 3 is 2.50 bits per heavy atom. The summed E-state index contributed by atoms with van der Waals surface area (Å²) in [5.41, 5.74) is -1.34. The molecule has 70 valence electrons. The topological polar surface area (TPSA) is 28.1 Å². The van der Waals surface area contributed by atoms with Crippen molar-refractivity contribution < 1.29 is 13.2 Å². The highest BCUT2D eigenvalue weighted by atomic mass is 19.2. The Morgan fingerprint density at radius 1 is 1.36 bits per heavy atom. The molecule has 0 bridgehead atoms. The van der Waals surface area contributed by atoms with Gasteiger partial charge in [0.25, 0.3) is 0 Å². The van der Waals surface area contributed by atoms with E-state index in [0.717, 1.165) is 0 Å². The van der Waals surface area contributed by atoms with E-state index < -0.39 is 29.6 Å². The van der Waals surface area contributed by atoms with Gasteiger partial charge in [-0.1, -0.05) is 0 Å². The summed E-state index contributed by atoms with van der Waals surface area (Å²) in [6.07, 6.45) is 0. The predicted molar refractivity (Wildman–Crippen MR) is 41.3 cm³/mol. The summed E-state index contributed by atoms with van der Waals surface area (Å²) in [5, 5.41) is 8.29. The Kier molecular flexibility index (Phi) is 2.73. The van der Waals surface area contributed by atoms with Crippen molar-refractivity contribution in [3.05, 3.63) is 46.1 Å². The molecule has 0 saturated carbocycles. The third-order valence-electron chi connectivity index (χ3n) is 1.60. The normalized spacial score (nSPS) is 9.21. The van der Waals surface area contributed by atoms with Gasteiger partial charge in [0.2, 0.25) is 6.54 Å². The molecular weight excluding hydrogens is 193 g/mol. The van der Waals surface area contributed by atoms with Gasteiger partial charge < -0.3 is 4.85 Å². The Bertz CT molecular complexity index is 455. The predicted octanol–water partition coefficient (Wildman–Crippen LogP) is 2.39. The van der Waals surface area contributed by atoms with Crippen molar-refractivity contribution in [1.29, 1.82) is 5.26 Å². The quantitative estimate of drug-likeness (QED) is 0.500. The molecule has 1 aromatic rings. The average Bonchev–Trinajstić information content (AvgIpc) is 2.15. The summed E-state index contributed by atoms with van der Waals surface area (Å²) in [6.45, 7) is 5.97. The summed E-state index contributed by atoms with van der Waals surface area (Å²) in [5.74, 6) is -4.02. The summed E-state index contributed by atoms with van der Waals surface area (Å²) in [6, 6.07) is 1.87. The lowest BCUT2D eigenvalue weighted by Crippen LogP contribution is -2.00. The smallest absolute Gasteiger partial charge is 0.242 e. The molecule has 0 saturated heterocycles. The lowest BCUT2D eigenvalue weighted by atomic mass is 10.1. The van der Waals surface area contributed by atoms with E-state index in [-0.39, 0.29) is 5.56 Å². The van der Waals surface area contributed by atoms with Gasteiger partial charge in [-0.3, -0.25) is 0 Å². The molecule has 0 aromatic heterocycles. The second kappa shape index (κ2) is 3.80. The zero-order valence-electron chi connectivity index (χ0n) is 6.81. The summed E-state index contributed by atoms with van der Waals surface area (Å²) >= 11 is 0. The highest BCUT2D eigenvalue weighted by Crippen LogP contribution is 2.19. The minimum atomic E-state index is -1.54. The van der Waals surface area contributed by atoms with Crippen LogP contribution >= 0.6 is 0 Å². The van der Waals surface area contributed by atoms with Gasteiger partial charge in [0.05, 0.1) is 5.56 Å². The van der Waals surface area contributed by atoms with Crippen molar-refractivity contribution in [2.24, 2.45) is 0 Å². The van der Waals surface area contributed by atoms with Crippen LogP contribution in [0.5, 0.6) is 0 Å². The molecule has 14 heavy (non-hydrogen) atoms. The van der Waals surface area contributed by atoms with Crippen LogP contribution in [-0.4, -0.2) is 0 Å². The first-order chi connectivity index (χ1) is 6.61. The van der Waals surface area contributed by atoms with Crippen molar-refractivity contribution >= 4 is 0 Å². The number of hydrogen-bond donors (Lipinski definition) is 0. The standard InChI is InChI=1S/C9H3F3N2/c1-14-4-5-2-7(10)6(3-13)9(12)8(5)11/h2H,4H2. The minimum absolute atomic E-state index is 0.381. The lowest BCUT2D eigenvalue weighted by molar-refractivity contribution is 0.483. The molecule has 0 fully saturated rings. The second-order valence-electron chi connectivity index (χ2n) is 2.45. The van der Waals surface area contributed by atoms with Gasteiger partial charge in [0, 0.05) is 0 Å². The van der Waals surface area contributed by atoms with Crippen LogP contribution in [0.15, 0.2) is 6.07 Å². The van der Waals surface area contributed by atoms with Crippen molar-refractivity contribution in [1.82, 2.24) is 0 Å².